The summed E-state index contributed by atoms with van der Waals surface area (Å²) < 4.78 is 5.88. The molecule has 1 aliphatic heterocycles. The highest BCUT2D eigenvalue weighted by Crippen LogP contribution is 2.25. The molecule has 184 valence electrons. The second kappa shape index (κ2) is 12.8. The normalized spacial score (nSPS) is 17.5. The number of nitrogens with two attached hydrogens (primary N) is 1. The first kappa shape index (κ1) is 24.6. The third-order valence-corrected chi connectivity index (χ3v) is 5.84. The largest absolute Gasteiger partial charge is 0.457 e. The Balaban J connectivity index is 1.48. The number of ether oxygens (including phenoxy) is 1. The molecule has 0 saturated carbocycles. The van der Waals surface area contributed by atoms with E-state index in [-0.39, 0.29) is 17.6 Å². The van der Waals surface area contributed by atoms with Crippen LogP contribution in [-0.2, 0) is 0 Å². The molecule has 1 fully saturated rings. The Morgan fingerprint density at radius 1 is 0.886 bits per heavy atom. The lowest BCUT2D eigenvalue weighted by atomic mass is 10.0. The summed E-state index contributed by atoms with van der Waals surface area (Å²) in [6.07, 6.45) is 3.45. The summed E-state index contributed by atoms with van der Waals surface area (Å²) in [5, 5.41) is 22.8. The van der Waals surface area contributed by atoms with Gasteiger partial charge in [0.2, 0.25) is 0 Å². The maximum absolute atomic E-state index is 8.88. The fourth-order valence-electron chi connectivity index (χ4n) is 3.99. The molecule has 1 aliphatic rings. The topological polar surface area (TPSA) is 133 Å². The maximum atomic E-state index is 8.88. The molecule has 4 rings (SSSR count). The molecule has 1 saturated heterocycles. The molecule has 2 heterocycles. The van der Waals surface area contributed by atoms with Crippen LogP contribution in [-0.4, -0.2) is 61.0 Å². The molecule has 1 atom stereocenters. The molecule has 7 N–H and O–H groups in total. The summed E-state index contributed by atoms with van der Waals surface area (Å²) in [7, 11) is 0. The average Bonchev–Trinajstić information content (AvgIpc) is 2.86. The van der Waals surface area contributed by atoms with Crippen molar-refractivity contribution in [1.82, 2.24) is 25.9 Å². The van der Waals surface area contributed by atoms with E-state index >= 15 is 0 Å². The van der Waals surface area contributed by atoms with Crippen molar-refractivity contribution in [3.63, 3.8) is 0 Å². The molecule has 2 aromatic carbocycles. The first-order chi connectivity index (χ1) is 17.2. The number of rotatable bonds is 6. The van der Waals surface area contributed by atoms with Crippen molar-refractivity contribution in [2.24, 2.45) is 0 Å². The van der Waals surface area contributed by atoms with Gasteiger partial charge in [-0.2, -0.15) is 0 Å². The van der Waals surface area contributed by atoms with E-state index in [9.17, 15) is 0 Å². The van der Waals surface area contributed by atoms with Gasteiger partial charge in [-0.25, -0.2) is 9.97 Å². The Morgan fingerprint density at radius 3 is 2.34 bits per heavy atom. The van der Waals surface area contributed by atoms with Crippen molar-refractivity contribution in [3.8, 4) is 11.5 Å². The van der Waals surface area contributed by atoms with Crippen LogP contribution in [0.4, 0.5) is 11.6 Å². The van der Waals surface area contributed by atoms with Gasteiger partial charge in [0.1, 0.15) is 29.5 Å². The van der Waals surface area contributed by atoms with E-state index in [1.807, 2.05) is 54.6 Å². The van der Waals surface area contributed by atoms with Gasteiger partial charge < -0.3 is 31.7 Å². The molecule has 1 aromatic heterocycles. The average molecular weight is 475 g/mol. The summed E-state index contributed by atoms with van der Waals surface area (Å²) >= 11 is 0. The minimum absolute atomic E-state index is 0.152. The van der Waals surface area contributed by atoms with Crippen molar-refractivity contribution in [2.75, 3.05) is 50.3 Å². The Kier molecular flexibility index (Phi) is 8.99. The van der Waals surface area contributed by atoms with Crippen molar-refractivity contribution in [1.29, 1.82) is 5.41 Å². The summed E-state index contributed by atoms with van der Waals surface area (Å²) in [6.45, 7) is 5.53. The molecule has 1 unspecified atom stereocenters. The summed E-state index contributed by atoms with van der Waals surface area (Å²) in [6, 6.07) is 17.2. The molecule has 9 heteroatoms. The van der Waals surface area contributed by atoms with Gasteiger partial charge in [-0.1, -0.05) is 18.2 Å². The quantitative estimate of drug-likeness (QED) is 0.300. The summed E-state index contributed by atoms with van der Waals surface area (Å²) in [5.74, 6) is 2.33. The maximum Gasteiger partial charge on any atom is 0.141 e. The van der Waals surface area contributed by atoms with Crippen LogP contribution in [0.15, 0.2) is 60.9 Å². The number of anilines is 2. The number of para-hydroxylation sites is 1. The first-order valence-corrected chi connectivity index (χ1v) is 12.1. The van der Waals surface area contributed by atoms with Crippen LogP contribution in [0.3, 0.4) is 0 Å². The van der Waals surface area contributed by atoms with Gasteiger partial charge in [0.25, 0.3) is 0 Å². The number of aromatic nitrogens is 2. The SMILES string of the molecule is N=C(c1ccc(Oc2ccccc2)cc1)c1c(N)ncnc1NC1CCCNCCNCCNC1. The second-order valence-corrected chi connectivity index (χ2v) is 8.48. The second-order valence-electron chi connectivity index (χ2n) is 8.48. The molecular weight excluding hydrogens is 440 g/mol. The van der Waals surface area contributed by atoms with Crippen LogP contribution in [0.5, 0.6) is 11.5 Å². The van der Waals surface area contributed by atoms with E-state index < -0.39 is 0 Å². The van der Waals surface area contributed by atoms with Crippen LogP contribution < -0.4 is 31.7 Å². The van der Waals surface area contributed by atoms with Crippen LogP contribution in [0.25, 0.3) is 0 Å². The third kappa shape index (κ3) is 7.22. The molecule has 0 radical (unpaired) electrons. The van der Waals surface area contributed by atoms with Crippen molar-refractivity contribution >= 4 is 17.3 Å². The van der Waals surface area contributed by atoms with Crippen molar-refractivity contribution in [3.05, 3.63) is 72.1 Å². The molecule has 0 aliphatic carbocycles. The Bertz CT molecular complexity index is 1060. The monoisotopic (exact) mass is 474 g/mol. The molecule has 3 aromatic rings. The predicted molar refractivity (Wildman–Crippen MR) is 141 cm³/mol. The smallest absolute Gasteiger partial charge is 0.141 e. The Hall–Kier alpha value is -3.53. The van der Waals surface area contributed by atoms with E-state index in [2.05, 4.69) is 31.2 Å². The highest BCUT2D eigenvalue weighted by molar-refractivity contribution is 6.16. The number of hydrogen-bond donors (Lipinski definition) is 6. The molecule has 0 amide bonds. The molecule has 0 bridgehead atoms. The minimum atomic E-state index is 0.152. The van der Waals surface area contributed by atoms with E-state index in [4.69, 9.17) is 15.9 Å². The number of benzene rings is 2. The van der Waals surface area contributed by atoms with Gasteiger partial charge in [0, 0.05) is 44.3 Å². The van der Waals surface area contributed by atoms with Crippen LogP contribution in [0.2, 0.25) is 0 Å². The molecular formula is C26H34N8O. The van der Waals surface area contributed by atoms with E-state index in [1.165, 1.54) is 6.33 Å². The fraction of sp³-hybridized carbons (Fsp3) is 0.346. The van der Waals surface area contributed by atoms with E-state index in [1.54, 1.807) is 0 Å². The van der Waals surface area contributed by atoms with Gasteiger partial charge in [-0.15, -0.1) is 0 Å². The Morgan fingerprint density at radius 2 is 1.57 bits per heavy atom. The van der Waals surface area contributed by atoms with Gasteiger partial charge in [-0.3, -0.25) is 5.41 Å². The zero-order valence-electron chi connectivity index (χ0n) is 19.9. The van der Waals surface area contributed by atoms with Gasteiger partial charge >= 0.3 is 0 Å². The lowest BCUT2D eigenvalue weighted by Gasteiger charge is -2.23. The number of nitrogen functional groups attached to an aromatic ring is 1. The van der Waals surface area contributed by atoms with Crippen molar-refractivity contribution < 1.29 is 4.74 Å². The number of nitrogens with zero attached hydrogens (tertiary/aromatic N) is 2. The number of nitrogens with one attached hydrogen (secondary N) is 5. The number of hydrogen-bond acceptors (Lipinski definition) is 9. The van der Waals surface area contributed by atoms with E-state index in [0.29, 0.717) is 22.7 Å². The summed E-state index contributed by atoms with van der Waals surface area (Å²) in [5.41, 5.74) is 7.73. The lowest BCUT2D eigenvalue weighted by molar-refractivity contribution is 0.482. The molecule has 9 nitrogen and oxygen atoms in total. The highest BCUT2D eigenvalue weighted by atomic mass is 16.5. The van der Waals surface area contributed by atoms with Gasteiger partial charge in [0.15, 0.2) is 0 Å². The zero-order valence-corrected chi connectivity index (χ0v) is 19.9. The molecule has 35 heavy (non-hydrogen) atoms. The first-order valence-electron chi connectivity index (χ1n) is 12.1. The summed E-state index contributed by atoms with van der Waals surface area (Å²) in [4.78, 5) is 8.62. The van der Waals surface area contributed by atoms with Crippen LogP contribution in [0, 0.1) is 5.41 Å². The van der Waals surface area contributed by atoms with Crippen LogP contribution in [0.1, 0.15) is 24.0 Å². The highest BCUT2D eigenvalue weighted by Gasteiger charge is 2.19. The lowest BCUT2D eigenvalue weighted by Crippen LogP contribution is -2.40. The van der Waals surface area contributed by atoms with Gasteiger partial charge in [-0.05, 0) is 55.8 Å². The fourth-order valence-corrected chi connectivity index (χ4v) is 3.99. The van der Waals surface area contributed by atoms with Gasteiger partial charge in [0.05, 0.1) is 11.3 Å². The van der Waals surface area contributed by atoms with E-state index in [0.717, 1.165) is 57.9 Å². The van der Waals surface area contributed by atoms with Crippen molar-refractivity contribution in [2.45, 2.75) is 18.9 Å². The third-order valence-electron chi connectivity index (χ3n) is 5.84. The predicted octanol–water partition coefficient (Wildman–Crippen LogP) is 2.61. The van der Waals surface area contributed by atoms with Crippen LogP contribution >= 0.6 is 0 Å². The zero-order chi connectivity index (χ0) is 24.3. The Labute approximate surface area is 206 Å². The molecule has 0 spiro atoms. The standard InChI is InChI=1S/C26H34N8O/c27-24(19-8-10-22(11-9-19)35-21-6-2-1-3-7-21)23-25(28)32-18-33-26(23)34-20-5-4-12-29-13-14-30-15-16-31-17-20/h1-3,6-11,18,20,27,29-31H,4-5,12-17H2,(H3,28,32,33,34). The minimum Gasteiger partial charge on any atom is -0.457 e.